The summed E-state index contributed by atoms with van der Waals surface area (Å²) in [5.41, 5.74) is 0.916. The second kappa shape index (κ2) is 7.55. The van der Waals surface area contributed by atoms with Crippen molar-refractivity contribution >= 4 is 15.9 Å². The molecule has 0 radical (unpaired) electrons. The second-order valence-corrected chi connectivity index (χ2v) is 7.15. The Hall–Kier alpha value is -2.25. The van der Waals surface area contributed by atoms with Gasteiger partial charge in [-0.05, 0) is 43.7 Å². The summed E-state index contributed by atoms with van der Waals surface area (Å²) in [5.74, 6) is -0.978. The maximum absolute atomic E-state index is 12.9. The van der Waals surface area contributed by atoms with Crippen LogP contribution in [0.2, 0.25) is 0 Å². The van der Waals surface area contributed by atoms with Crippen LogP contribution in [0, 0.1) is 5.82 Å². The third kappa shape index (κ3) is 4.62. The summed E-state index contributed by atoms with van der Waals surface area (Å²) in [7, 11) is -3.90. The number of halogens is 1. The fourth-order valence-corrected chi connectivity index (χ4v) is 3.33. The summed E-state index contributed by atoms with van der Waals surface area (Å²) in [6.45, 7) is 3.27. The minimum atomic E-state index is -3.90. The van der Waals surface area contributed by atoms with Crippen LogP contribution in [0.15, 0.2) is 59.5 Å². The van der Waals surface area contributed by atoms with Crippen molar-refractivity contribution in [3.05, 3.63) is 66.0 Å². The van der Waals surface area contributed by atoms with Crippen LogP contribution in [0.25, 0.3) is 0 Å². The number of rotatable bonds is 6. The van der Waals surface area contributed by atoms with E-state index < -0.39 is 27.8 Å². The van der Waals surface area contributed by atoms with Crippen molar-refractivity contribution in [1.82, 2.24) is 10.0 Å². The van der Waals surface area contributed by atoms with Gasteiger partial charge in [0.05, 0.1) is 17.0 Å². The molecule has 0 saturated heterocycles. The van der Waals surface area contributed by atoms with E-state index in [1.807, 2.05) is 37.3 Å². The molecular formula is C17H19FN2O3S. The highest BCUT2D eigenvalue weighted by Gasteiger charge is 2.23. The molecule has 1 amide bonds. The third-order valence-electron chi connectivity index (χ3n) is 3.51. The highest BCUT2D eigenvalue weighted by Crippen LogP contribution is 2.13. The lowest BCUT2D eigenvalue weighted by Crippen LogP contribution is -2.45. The number of hydrogen-bond donors (Lipinski definition) is 2. The van der Waals surface area contributed by atoms with Gasteiger partial charge in [0.2, 0.25) is 15.9 Å². The maximum atomic E-state index is 12.9. The van der Waals surface area contributed by atoms with Crippen molar-refractivity contribution in [2.75, 3.05) is 0 Å². The lowest BCUT2D eigenvalue weighted by molar-refractivity contribution is -0.123. The van der Waals surface area contributed by atoms with Gasteiger partial charge in [0.25, 0.3) is 0 Å². The molecular weight excluding hydrogens is 331 g/mol. The van der Waals surface area contributed by atoms with Crippen molar-refractivity contribution in [1.29, 1.82) is 0 Å². The highest BCUT2D eigenvalue weighted by atomic mass is 32.2. The average Bonchev–Trinajstić information content (AvgIpc) is 2.55. The zero-order valence-corrected chi connectivity index (χ0v) is 14.2. The van der Waals surface area contributed by atoms with Gasteiger partial charge in [-0.1, -0.05) is 30.3 Å². The fraction of sp³-hybridized carbons (Fsp3) is 0.235. The lowest BCUT2D eigenvalue weighted by Gasteiger charge is -2.19. The molecule has 0 heterocycles. The summed E-state index contributed by atoms with van der Waals surface area (Å²) in [4.78, 5) is 12.1. The smallest absolute Gasteiger partial charge is 0.241 e. The molecule has 2 atom stereocenters. The molecule has 0 bridgehead atoms. The first-order valence-electron chi connectivity index (χ1n) is 7.43. The van der Waals surface area contributed by atoms with Crippen LogP contribution in [0.3, 0.4) is 0 Å². The molecule has 0 aliphatic carbocycles. The van der Waals surface area contributed by atoms with Gasteiger partial charge in [0.1, 0.15) is 5.82 Å². The van der Waals surface area contributed by atoms with Crippen molar-refractivity contribution in [2.45, 2.75) is 30.8 Å². The van der Waals surface area contributed by atoms with E-state index in [1.165, 1.54) is 6.92 Å². The minimum absolute atomic E-state index is 0.0975. The highest BCUT2D eigenvalue weighted by molar-refractivity contribution is 7.89. The predicted molar refractivity (Wildman–Crippen MR) is 89.2 cm³/mol. The van der Waals surface area contributed by atoms with Gasteiger partial charge in [-0.3, -0.25) is 4.79 Å². The molecule has 2 rings (SSSR count). The van der Waals surface area contributed by atoms with Gasteiger partial charge >= 0.3 is 0 Å². The largest absolute Gasteiger partial charge is 0.348 e. The van der Waals surface area contributed by atoms with Gasteiger partial charge in [0, 0.05) is 0 Å². The Bertz CT molecular complexity index is 792. The van der Waals surface area contributed by atoms with E-state index in [1.54, 1.807) is 0 Å². The van der Waals surface area contributed by atoms with Crippen LogP contribution in [0.4, 0.5) is 4.39 Å². The number of nitrogens with one attached hydrogen (secondary N) is 2. The molecule has 0 aliphatic rings. The molecule has 0 aliphatic heterocycles. The van der Waals surface area contributed by atoms with E-state index in [2.05, 4.69) is 10.0 Å². The van der Waals surface area contributed by atoms with Gasteiger partial charge < -0.3 is 5.32 Å². The molecule has 2 aromatic rings. The number of benzene rings is 2. The molecule has 128 valence electrons. The van der Waals surface area contributed by atoms with Crippen molar-refractivity contribution in [2.24, 2.45) is 0 Å². The topological polar surface area (TPSA) is 75.3 Å². The molecule has 24 heavy (non-hydrogen) atoms. The van der Waals surface area contributed by atoms with Crippen LogP contribution < -0.4 is 10.0 Å². The van der Waals surface area contributed by atoms with Gasteiger partial charge in [-0.15, -0.1) is 0 Å². The van der Waals surface area contributed by atoms with Crippen LogP contribution >= 0.6 is 0 Å². The summed E-state index contributed by atoms with van der Waals surface area (Å²) < 4.78 is 39.6. The predicted octanol–water partition coefficient (Wildman–Crippen LogP) is 2.37. The normalized spacial score (nSPS) is 14.0. The van der Waals surface area contributed by atoms with E-state index in [0.29, 0.717) is 0 Å². The zero-order chi connectivity index (χ0) is 17.7. The number of sulfonamides is 1. The van der Waals surface area contributed by atoms with Crippen LogP contribution in [0.5, 0.6) is 0 Å². The van der Waals surface area contributed by atoms with Crippen LogP contribution in [0.1, 0.15) is 25.5 Å². The van der Waals surface area contributed by atoms with E-state index in [-0.39, 0.29) is 10.9 Å². The molecule has 2 N–H and O–H groups in total. The summed E-state index contributed by atoms with van der Waals surface area (Å²) >= 11 is 0. The maximum Gasteiger partial charge on any atom is 0.241 e. The number of amides is 1. The third-order valence-corrected chi connectivity index (χ3v) is 5.06. The first kappa shape index (κ1) is 18.1. The first-order valence-corrected chi connectivity index (χ1v) is 8.91. The zero-order valence-electron chi connectivity index (χ0n) is 13.4. The number of carbonyl (C=O) groups is 1. The van der Waals surface area contributed by atoms with Crippen molar-refractivity contribution < 1.29 is 17.6 Å². The minimum Gasteiger partial charge on any atom is -0.348 e. The molecule has 2 aromatic carbocycles. The molecule has 0 aromatic heterocycles. The molecule has 0 spiro atoms. The Morgan fingerprint density at radius 2 is 1.58 bits per heavy atom. The summed E-state index contributed by atoms with van der Waals surface area (Å²) in [6, 6.07) is 12.5. The van der Waals surface area contributed by atoms with Gasteiger partial charge in [0.15, 0.2) is 0 Å². The fourth-order valence-electron chi connectivity index (χ4n) is 2.13. The Morgan fingerprint density at radius 1 is 1.00 bits per heavy atom. The van der Waals surface area contributed by atoms with E-state index in [4.69, 9.17) is 0 Å². The quantitative estimate of drug-likeness (QED) is 0.840. The lowest BCUT2D eigenvalue weighted by atomic mass is 10.1. The molecule has 7 heteroatoms. The SMILES string of the molecule is C[C@H](NS(=O)(=O)c1ccc(F)cc1)C(=O)N[C@@H](C)c1ccccc1. The van der Waals surface area contributed by atoms with Crippen LogP contribution in [-0.2, 0) is 14.8 Å². The van der Waals surface area contributed by atoms with E-state index in [9.17, 15) is 17.6 Å². The summed E-state index contributed by atoms with van der Waals surface area (Å²) in [6.07, 6.45) is 0. The molecule has 0 unspecified atom stereocenters. The molecule has 5 nitrogen and oxygen atoms in total. The Morgan fingerprint density at radius 3 is 2.17 bits per heavy atom. The second-order valence-electron chi connectivity index (χ2n) is 5.44. The van der Waals surface area contributed by atoms with Crippen molar-refractivity contribution in [3.8, 4) is 0 Å². The first-order chi connectivity index (χ1) is 11.3. The van der Waals surface area contributed by atoms with Gasteiger partial charge in [-0.2, -0.15) is 4.72 Å². The van der Waals surface area contributed by atoms with Crippen molar-refractivity contribution in [3.63, 3.8) is 0 Å². The van der Waals surface area contributed by atoms with Crippen LogP contribution in [-0.4, -0.2) is 20.4 Å². The monoisotopic (exact) mass is 350 g/mol. The summed E-state index contributed by atoms with van der Waals surface area (Å²) in [5, 5.41) is 2.75. The Kier molecular flexibility index (Phi) is 5.69. The Labute approximate surface area is 141 Å². The van der Waals surface area contributed by atoms with E-state index >= 15 is 0 Å². The standard InChI is InChI=1S/C17H19FN2O3S/c1-12(14-6-4-3-5-7-14)19-17(21)13(2)20-24(22,23)16-10-8-15(18)9-11-16/h3-13,20H,1-2H3,(H,19,21)/t12-,13-/m0/s1. The Balaban J connectivity index is 2.02. The average molecular weight is 350 g/mol. The number of hydrogen-bond acceptors (Lipinski definition) is 3. The molecule has 0 fully saturated rings. The number of carbonyl (C=O) groups excluding carboxylic acids is 1. The molecule has 0 saturated carbocycles. The van der Waals surface area contributed by atoms with Gasteiger partial charge in [-0.25, -0.2) is 12.8 Å². The van der Waals surface area contributed by atoms with E-state index in [0.717, 1.165) is 29.8 Å².